The van der Waals surface area contributed by atoms with Crippen molar-refractivity contribution in [3.63, 3.8) is 0 Å². The van der Waals surface area contributed by atoms with Crippen LogP contribution >= 0.6 is 12.6 Å². The molecule has 4 rings (SSSR count). The predicted octanol–water partition coefficient (Wildman–Crippen LogP) is 7.05. The van der Waals surface area contributed by atoms with Gasteiger partial charge in [-0.25, -0.2) is 0 Å². The van der Waals surface area contributed by atoms with Gasteiger partial charge in [0.05, 0.1) is 23.3 Å². The Balaban J connectivity index is 2.29. The van der Waals surface area contributed by atoms with Gasteiger partial charge in [-0.15, -0.1) is 12.6 Å². The average molecular weight is 461 g/mol. The van der Waals surface area contributed by atoms with Crippen LogP contribution in [-0.2, 0) is 0 Å². The van der Waals surface area contributed by atoms with Gasteiger partial charge in [0.15, 0.2) is 0 Å². The molecule has 0 bridgehead atoms. The number of rotatable bonds is 4. The van der Waals surface area contributed by atoms with E-state index in [0.717, 1.165) is 10.6 Å². The molecule has 0 spiro atoms. The van der Waals surface area contributed by atoms with E-state index in [9.17, 15) is 0 Å². The van der Waals surface area contributed by atoms with E-state index in [4.69, 9.17) is 17.4 Å². The summed E-state index contributed by atoms with van der Waals surface area (Å²) in [6.45, 7) is 14.4. The molecule has 4 heteroatoms. The zero-order valence-electron chi connectivity index (χ0n) is 19.6. The van der Waals surface area contributed by atoms with Crippen molar-refractivity contribution >= 4 is 60.7 Å². The molecule has 0 aromatic heterocycles. The van der Waals surface area contributed by atoms with Gasteiger partial charge >= 0.3 is 0 Å². The summed E-state index contributed by atoms with van der Waals surface area (Å²) in [6.07, 6.45) is 0. The number of hydrogen-bond donors (Lipinski definition) is 1. The fourth-order valence-electron chi connectivity index (χ4n) is 4.51. The molecule has 0 heterocycles. The number of hydrogen-bond acceptors (Lipinski definition) is 2. The monoisotopic (exact) mass is 460 g/mol. The van der Waals surface area contributed by atoms with Crippen molar-refractivity contribution in [1.82, 2.24) is 0 Å². The third-order valence-electron chi connectivity index (χ3n) is 6.09. The first kappa shape index (κ1) is 22.2. The van der Waals surface area contributed by atoms with Gasteiger partial charge in [0.2, 0.25) is 0 Å². The highest BCUT2D eigenvalue weighted by atomic mass is 32.1. The molecule has 0 N–H and O–H groups in total. The van der Waals surface area contributed by atoms with E-state index >= 15 is 0 Å². The second kappa shape index (κ2) is 7.84. The lowest BCUT2D eigenvalue weighted by Gasteiger charge is -2.27. The molecule has 160 valence electrons. The molecule has 0 fully saturated rings. The summed E-state index contributed by atoms with van der Waals surface area (Å²) >= 11 is 5.20. The van der Waals surface area contributed by atoms with Crippen molar-refractivity contribution in [2.45, 2.75) is 44.2 Å². The predicted molar refractivity (Wildman–Crippen MR) is 147 cm³/mol. The minimum atomic E-state index is -1.66. The fraction of sp³-hybridized carbons (Fsp3) is 0.259. The number of methoxy groups -OCH3 is 1. The molecule has 0 unspecified atom stereocenters. The molecule has 4 aromatic rings. The zero-order valence-corrected chi connectivity index (χ0v) is 22.5. The third kappa shape index (κ3) is 3.86. The molecular formula is C27H32OSSi2. The van der Waals surface area contributed by atoms with Crippen LogP contribution in [0.15, 0.2) is 65.6 Å². The summed E-state index contributed by atoms with van der Waals surface area (Å²) < 4.78 is 6.21. The Hall–Kier alpha value is -2.02. The Kier molecular flexibility index (Phi) is 5.61. The van der Waals surface area contributed by atoms with Crippen LogP contribution in [0, 0.1) is 0 Å². The summed E-state index contributed by atoms with van der Waals surface area (Å²) in [7, 11) is -1.45. The summed E-state index contributed by atoms with van der Waals surface area (Å²) in [5, 5.41) is 7.77. The Morgan fingerprint density at radius 2 is 1.10 bits per heavy atom. The second-order valence-corrected chi connectivity index (χ2v) is 20.9. The van der Waals surface area contributed by atoms with Gasteiger partial charge < -0.3 is 4.74 Å². The van der Waals surface area contributed by atoms with E-state index in [0.29, 0.717) is 0 Å². The first-order valence-electron chi connectivity index (χ1n) is 10.9. The summed E-state index contributed by atoms with van der Waals surface area (Å²) in [6, 6.07) is 22.1. The van der Waals surface area contributed by atoms with Crippen molar-refractivity contribution < 1.29 is 4.74 Å². The topological polar surface area (TPSA) is 9.23 Å². The third-order valence-corrected chi connectivity index (χ3v) is 10.8. The van der Waals surface area contributed by atoms with Crippen molar-refractivity contribution in [3.8, 4) is 16.9 Å². The van der Waals surface area contributed by atoms with Crippen LogP contribution in [-0.4, -0.2) is 23.3 Å². The number of ether oxygens (including phenoxy) is 1. The molecule has 0 amide bonds. The standard InChI is InChI=1S/C27H32OSSi2/c1-28-26-22(30(2,3)4)16-18-12-8-10-14-20(18)24(26)25-21-15-11-9-13-19(21)17-23(27(25)29)31(5,6)7/h8-17,29H,1-7H3. The van der Waals surface area contributed by atoms with Crippen molar-refractivity contribution in [3.05, 3.63) is 60.7 Å². The Morgan fingerprint density at radius 1 is 0.645 bits per heavy atom. The highest BCUT2D eigenvalue weighted by molar-refractivity contribution is 7.80. The maximum atomic E-state index is 6.21. The molecule has 0 aliphatic heterocycles. The quantitative estimate of drug-likeness (QED) is 0.254. The summed E-state index contributed by atoms with van der Waals surface area (Å²) in [5.74, 6) is 1.02. The van der Waals surface area contributed by atoms with E-state index in [1.807, 2.05) is 7.11 Å². The Morgan fingerprint density at radius 3 is 1.58 bits per heavy atom. The van der Waals surface area contributed by atoms with Crippen molar-refractivity contribution in [1.29, 1.82) is 0 Å². The maximum Gasteiger partial charge on any atom is 0.126 e. The molecule has 0 aliphatic carbocycles. The Bertz CT molecular complexity index is 1300. The normalized spacial score (nSPS) is 12.5. The largest absolute Gasteiger partial charge is 0.496 e. The maximum absolute atomic E-state index is 6.21. The fourth-order valence-corrected chi connectivity index (χ4v) is 8.73. The van der Waals surface area contributed by atoms with Crippen molar-refractivity contribution in [2.24, 2.45) is 0 Å². The van der Waals surface area contributed by atoms with E-state index in [1.54, 1.807) is 0 Å². The van der Waals surface area contributed by atoms with Gasteiger partial charge in [-0.05, 0) is 31.9 Å². The van der Waals surface area contributed by atoms with Gasteiger partial charge in [-0.1, -0.05) is 99.9 Å². The number of thiol groups is 1. The number of fused-ring (bicyclic) bond motifs is 2. The SMILES string of the molecule is COc1c([Si](C)(C)C)cc2ccccc2c1-c1c(S)c([Si](C)(C)C)cc2ccccc12. The Labute approximate surface area is 193 Å². The van der Waals surface area contributed by atoms with Gasteiger partial charge in [0, 0.05) is 16.0 Å². The smallest absolute Gasteiger partial charge is 0.126 e. The minimum absolute atomic E-state index is 1.02. The number of benzene rings is 4. The van der Waals surface area contributed by atoms with E-state index in [1.165, 1.54) is 43.0 Å². The van der Waals surface area contributed by atoms with Gasteiger partial charge in [-0.3, -0.25) is 0 Å². The summed E-state index contributed by atoms with van der Waals surface area (Å²) in [5.41, 5.74) is 2.41. The van der Waals surface area contributed by atoms with Crippen LogP contribution in [0.3, 0.4) is 0 Å². The molecule has 0 saturated carbocycles. The molecule has 0 atom stereocenters. The van der Waals surface area contributed by atoms with E-state index in [2.05, 4.69) is 99.9 Å². The van der Waals surface area contributed by atoms with Crippen LogP contribution in [0.25, 0.3) is 32.7 Å². The molecule has 0 saturated heterocycles. The molecular weight excluding hydrogens is 429 g/mol. The summed E-state index contributed by atoms with van der Waals surface area (Å²) in [4.78, 5) is 1.11. The lowest BCUT2D eigenvalue weighted by Crippen LogP contribution is -2.39. The van der Waals surface area contributed by atoms with Crippen molar-refractivity contribution in [2.75, 3.05) is 7.11 Å². The lowest BCUT2D eigenvalue weighted by molar-refractivity contribution is 0.420. The highest BCUT2D eigenvalue weighted by Gasteiger charge is 2.29. The first-order valence-corrected chi connectivity index (χ1v) is 18.3. The van der Waals surface area contributed by atoms with Crippen LogP contribution in [0.5, 0.6) is 5.75 Å². The van der Waals surface area contributed by atoms with E-state index in [-0.39, 0.29) is 0 Å². The van der Waals surface area contributed by atoms with E-state index < -0.39 is 16.1 Å². The molecule has 1 nitrogen and oxygen atoms in total. The molecule has 31 heavy (non-hydrogen) atoms. The zero-order chi connectivity index (χ0) is 22.6. The minimum Gasteiger partial charge on any atom is -0.496 e. The van der Waals surface area contributed by atoms with Crippen LogP contribution < -0.4 is 15.1 Å². The van der Waals surface area contributed by atoms with Crippen LogP contribution in [0.2, 0.25) is 39.3 Å². The molecule has 0 radical (unpaired) electrons. The van der Waals surface area contributed by atoms with Crippen LogP contribution in [0.1, 0.15) is 0 Å². The lowest BCUT2D eigenvalue weighted by atomic mass is 9.92. The molecule has 0 aliphatic rings. The highest BCUT2D eigenvalue weighted by Crippen LogP contribution is 2.43. The second-order valence-electron chi connectivity index (χ2n) is 10.4. The van der Waals surface area contributed by atoms with Crippen LogP contribution in [0.4, 0.5) is 0 Å². The van der Waals surface area contributed by atoms with Gasteiger partial charge in [-0.2, -0.15) is 0 Å². The average Bonchev–Trinajstić information content (AvgIpc) is 2.71. The first-order chi connectivity index (χ1) is 14.5. The van der Waals surface area contributed by atoms with Gasteiger partial charge in [0.25, 0.3) is 0 Å². The molecule has 4 aromatic carbocycles. The van der Waals surface area contributed by atoms with Gasteiger partial charge in [0.1, 0.15) is 5.75 Å².